The van der Waals surface area contributed by atoms with Crippen molar-refractivity contribution in [3.63, 3.8) is 0 Å². The van der Waals surface area contributed by atoms with Crippen molar-refractivity contribution >= 4 is 21.7 Å². The Balaban J connectivity index is 2.17. The number of pyridine rings is 1. The Morgan fingerprint density at radius 1 is 1.53 bits per heavy atom. The molecule has 0 amide bonds. The van der Waals surface area contributed by atoms with Crippen LogP contribution in [0.15, 0.2) is 16.7 Å². The predicted molar refractivity (Wildman–Crippen MR) is 75.3 cm³/mol. The van der Waals surface area contributed by atoms with E-state index in [1.54, 1.807) is 0 Å². The summed E-state index contributed by atoms with van der Waals surface area (Å²) in [5.41, 5.74) is 1.27. The highest BCUT2D eigenvalue weighted by atomic mass is 79.9. The van der Waals surface area contributed by atoms with Crippen LogP contribution in [0.4, 0.5) is 5.82 Å². The number of hydrogen-bond donors (Lipinski definition) is 1. The van der Waals surface area contributed by atoms with Gasteiger partial charge in [-0.1, -0.05) is 13.8 Å². The number of aromatic nitrogens is 1. The molecule has 94 valence electrons. The minimum atomic E-state index is 0.494. The van der Waals surface area contributed by atoms with E-state index >= 15 is 0 Å². The first-order chi connectivity index (χ1) is 8.08. The second-order valence-electron chi connectivity index (χ2n) is 5.01. The molecule has 0 unspecified atom stereocenters. The molecule has 0 atom stereocenters. The van der Waals surface area contributed by atoms with Gasteiger partial charge >= 0.3 is 0 Å². The number of anilines is 1. The van der Waals surface area contributed by atoms with Crippen molar-refractivity contribution in [1.82, 2.24) is 10.3 Å². The highest BCUT2D eigenvalue weighted by Crippen LogP contribution is 2.31. The Morgan fingerprint density at radius 2 is 2.24 bits per heavy atom. The predicted octanol–water partition coefficient (Wildman–Crippen LogP) is 2.94. The standard InChI is InChI=1S/C13H20BrN3/c1-9(2)15-7-10-6-11(14)8-16-13(10)17(3)12-4-5-12/h6,8-9,12,15H,4-5,7H2,1-3H3. The third-order valence-corrected chi connectivity index (χ3v) is 3.47. The molecule has 0 saturated heterocycles. The van der Waals surface area contributed by atoms with Crippen molar-refractivity contribution in [2.75, 3.05) is 11.9 Å². The van der Waals surface area contributed by atoms with Gasteiger partial charge in [-0.2, -0.15) is 0 Å². The maximum atomic E-state index is 4.56. The Labute approximate surface area is 112 Å². The molecule has 1 fully saturated rings. The fraction of sp³-hybridized carbons (Fsp3) is 0.615. The van der Waals surface area contributed by atoms with Gasteiger partial charge in [0, 0.05) is 41.9 Å². The van der Waals surface area contributed by atoms with Gasteiger partial charge in [-0.05, 0) is 34.8 Å². The van der Waals surface area contributed by atoms with Gasteiger partial charge in [-0.15, -0.1) is 0 Å². The first-order valence-corrected chi connectivity index (χ1v) is 6.98. The molecule has 3 nitrogen and oxygen atoms in total. The van der Waals surface area contributed by atoms with Crippen LogP contribution in [0.3, 0.4) is 0 Å². The van der Waals surface area contributed by atoms with Crippen LogP contribution in [0, 0.1) is 0 Å². The van der Waals surface area contributed by atoms with Crippen LogP contribution in [0.2, 0.25) is 0 Å². The second-order valence-corrected chi connectivity index (χ2v) is 5.93. The van der Waals surface area contributed by atoms with Crippen molar-refractivity contribution in [3.8, 4) is 0 Å². The topological polar surface area (TPSA) is 28.2 Å². The van der Waals surface area contributed by atoms with Crippen LogP contribution in [0.25, 0.3) is 0 Å². The molecule has 1 heterocycles. The third kappa shape index (κ3) is 3.42. The number of nitrogens with one attached hydrogen (secondary N) is 1. The summed E-state index contributed by atoms with van der Waals surface area (Å²) in [6.45, 7) is 5.20. The molecule has 0 aliphatic heterocycles. The van der Waals surface area contributed by atoms with Crippen molar-refractivity contribution in [2.24, 2.45) is 0 Å². The van der Waals surface area contributed by atoms with Crippen molar-refractivity contribution < 1.29 is 0 Å². The highest BCUT2D eigenvalue weighted by Gasteiger charge is 2.28. The minimum Gasteiger partial charge on any atom is -0.356 e. The lowest BCUT2D eigenvalue weighted by Gasteiger charge is -2.21. The zero-order chi connectivity index (χ0) is 12.4. The van der Waals surface area contributed by atoms with Crippen molar-refractivity contribution in [3.05, 3.63) is 22.3 Å². The maximum absolute atomic E-state index is 4.56. The van der Waals surface area contributed by atoms with E-state index in [1.165, 1.54) is 18.4 Å². The monoisotopic (exact) mass is 297 g/mol. The van der Waals surface area contributed by atoms with Crippen molar-refractivity contribution in [1.29, 1.82) is 0 Å². The fourth-order valence-electron chi connectivity index (χ4n) is 1.87. The number of hydrogen-bond acceptors (Lipinski definition) is 3. The average Bonchev–Trinajstić information content (AvgIpc) is 3.09. The molecule has 1 aromatic heterocycles. The lowest BCUT2D eigenvalue weighted by Crippen LogP contribution is -2.26. The van der Waals surface area contributed by atoms with E-state index in [0.717, 1.165) is 16.8 Å². The van der Waals surface area contributed by atoms with Gasteiger partial charge in [0.2, 0.25) is 0 Å². The summed E-state index contributed by atoms with van der Waals surface area (Å²) < 4.78 is 1.05. The molecule has 17 heavy (non-hydrogen) atoms. The van der Waals surface area contributed by atoms with E-state index in [2.05, 4.69) is 58.1 Å². The summed E-state index contributed by atoms with van der Waals surface area (Å²) in [6, 6.07) is 3.35. The van der Waals surface area contributed by atoms with E-state index in [9.17, 15) is 0 Å². The SMILES string of the molecule is CC(C)NCc1cc(Br)cnc1N(C)C1CC1. The summed E-state index contributed by atoms with van der Waals surface area (Å²) in [6.07, 6.45) is 4.48. The lowest BCUT2D eigenvalue weighted by molar-refractivity contribution is 0.587. The van der Waals surface area contributed by atoms with Crippen LogP contribution in [0.5, 0.6) is 0 Å². The minimum absolute atomic E-state index is 0.494. The molecule has 0 bridgehead atoms. The van der Waals surface area contributed by atoms with Gasteiger partial charge in [-0.3, -0.25) is 0 Å². The zero-order valence-corrected chi connectivity index (χ0v) is 12.3. The van der Waals surface area contributed by atoms with E-state index in [-0.39, 0.29) is 0 Å². The summed E-state index contributed by atoms with van der Waals surface area (Å²) >= 11 is 3.50. The summed E-state index contributed by atoms with van der Waals surface area (Å²) in [7, 11) is 2.15. The highest BCUT2D eigenvalue weighted by molar-refractivity contribution is 9.10. The molecule has 1 aliphatic rings. The van der Waals surface area contributed by atoms with E-state index in [4.69, 9.17) is 0 Å². The number of nitrogens with zero attached hydrogens (tertiary/aromatic N) is 2. The Hall–Kier alpha value is -0.610. The molecule has 4 heteroatoms. The van der Waals surface area contributed by atoms with Crippen LogP contribution in [-0.2, 0) is 6.54 Å². The van der Waals surface area contributed by atoms with Gasteiger partial charge in [0.25, 0.3) is 0 Å². The van der Waals surface area contributed by atoms with E-state index in [1.807, 2.05) is 6.20 Å². The van der Waals surface area contributed by atoms with E-state index < -0.39 is 0 Å². The largest absolute Gasteiger partial charge is 0.356 e. The first-order valence-electron chi connectivity index (χ1n) is 6.18. The zero-order valence-electron chi connectivity index (χ0n) is 10.7. The molecule has 1 N–H and O–H groups in total. The quantitative estimate of drug-likeness (QED) is 0.906. The van der Waals surface area contributed by atoms with Gasteiger partial charge < -0.3 is 10.2 Å². The van der Waals surface area contributed by atoms with Gasteiger partial charge in [0.05, 0.1) is 0 Å². The molecule has 1 aliphatic carbocycles. The van der Waals surface area contributed by atoms with Crippen LogP contribution in [-0.4, -0.2) is 24.1 Å². The third-order valence-electron chi connectivity index (χ3n) is 3.04. The average molecular weight is 298 g/mol. The summed E-state index contributed by atoms with van der Waals surface area (Å²) in [5, 5.41) is 3.46. The van der Waals surface area contributed by atoms with Gasteiger partial charge in [0.15, 0.2) is 0 Å². The summed E-state index contributed by atoms with van der Waals surface area (Å²) in [4.78, 5) is 6.87. The molecule has 0 aromatic carbocycles. The lowest BCUT2D eigenvalue weighted by atomic mass is 10.2. The van der Waals surface area contributed by atoms with Gasteiger partial charge in [0.1, 0.15) is 5.82 Å². The summed E-state index contributed by atoms with van der Waals surface area (Å²) in [5.74, 6) is 1.11. The van der Waals surface area contributed by atoms with Gasteiger partial charge in [-0.25, -0.2) is 4.98 Å². The van der Waals surface area contributed by atoms with E-state index in [0.29, 0.717) is 12.1 Å². The Kier molecular flexibility index (Phi) is 4.05. The second kappa shape index (κ2) is 5.36. The Morgan fingerprint density at radius 3 is 2.82 bits per heavy atom. The maximum Gasteiger partial charge on any atom is 0.133 e. The smallest absolute Gasteiger partial charge is 0.133 e. The number of rotatable bonds is 5. The normalized spacial score (nSPS) is 15.4. The molecule has 0 spiro atoms. The van der Waals surface area contributed by atoms with Crippen LogP contribution in [0.1, 0.15) is 32.3 Å². The molecule has 1 saturated carbocycles. The van der Waals surface area contributed by atoms with Crippen LogP contribution < -0.4 is 10.2 Å². The molecule has 1 aromatic rings. The molecular weight excluding hydrogens is 278 g/mol. The molecule has 0 radical (unpaired) electrons. The molecule has 2 rings (SSSR count). The molecular formula is C13H20BrN3. The fourth-order valence-corrected chi connectivity index (χ4v) is 2.25. The Bertz CT molecular complexity index is 388. The van der Waals surface area contributed by atoms with Crippen molar-refractivity contribution in [2.45, 2.75) is 45.3 Å². The first kappa shape index (κ1) is 12.8. The number of halogens is 1. The van der Waals surface area contributed by atoms with Crippen LogP contribution >= 0.6 is 15.9 Å².